The number of nitrogens with one attached hydrogen (secondary N) is 2. The Morgan fingerprint density at radius 1 is 1.25 bits per heavy atom. The molecule has 4 N–H and O–H groups in total. The number of nitriles is 1. The van der Waals surface area contributed by atoms with E-state index in [0.717, 1.165) is 35.3 Å². The fourth-order valence-corrected chi connectivity index (χ4v) is 3.96. The summed E-state index contributed by atoms with van der Waals surface area (Å²) in [6.45, 7) is 8.15. The largest absolute Gasteiger partial charge is 0.382 e. The van der Waals surface area contributed by atoms with E-state index in [1.165, 1.54) is 4.88 Å². The first-order valence-corrected chi connectivity index (χ1v) is 11.1. The van der Waals surface area contributed by atoms with Crippen LogP contribution in [0.25, 0.3) is 5.69 Å². The molecule has 0 aliphatic carbocycles. The molecule has 3 aromatic rings. The van der Waals surface area contributed by atoms with Crippen LogP contribution in [-0.4, -0.2) is 33.8 Å². The number of nitrogens with zero attached hydrogens (tertiary/aromatic N) is 5. The summed E-state index contributed by atoms with van der Waals surface area (Å²) in [5, 5.41) is 21.7. The molecule has 0 radical (unpaired) electrons. The summed E-state index contributed by atoms with van der Waals surface area (Å²) in [6.07, 6.45) is 1.43. The Labute approximate surface area is 210 Å². The second kappa shape index (κ2) is 12.4. The highest BCUT2D eigenvalue weighted by Crippen LogP contribution is 2.21. The van der Waals surface area contributed by atoms with E-state index < -0.39 is 0 Å². The number of halogens is 1. The van der Waals surface area contributed by atoms with Gasteiger partial charge in [0.2, 0.25) is 0 Å². The number of nitrogen functional groups attached to an aromatic ring is 1. The summed E-state index contributed by atoms with van der Waals surface area (Å²) < 4.78 is 1.63. The minimum atomic E-state index is 0. The van der Waals surface area contributed by atoms with E-state index in [2.05, 4.69) is 38.7 Å². The number of aryl methyl sites for hydroxylation is 3. The number of guanidine groups is 1. The average molecular weight is 565 g/mol. The first kappa shape index (κ1) is 25.6. The molecule has 2 heterocycles. The maximum atomic E-state index is 9.54. The number of hydrogen-bond acceptors (Lipinski definition) is 6. The molecular formula is C22H29IN8S. The van der Waals surface area contributed by atoms with Crippen LogP contribution in [0.1, 0.15) is 40.2 Å². The van der Waals surface area contributed by atoms with E-state index >= 15 is 0 Å². The Bertz CT molecular complexity index is 1060. The highest BCUT2D eigenvalue weighted by atomic mass is 127. The van der Waals surface area contributed by atoms with E-state index in [4.69, 9.17) is 5.73 Å². The lowest BCUT2D eigenvalue weighted by molar-refractivity contribution is 0.722. The molecule has 8 nitrogen and oxygen atoms in total. The fraction of sp³-hybridized carbons (Fsp3) is 0.364. The van der Waals surface area contributed by atoms with Gasteiger partial charge >= 0.3 is 0 Å². The summed E-state index contributed by atoms with van der Waals surface area (Å²) in [6, 6.07) is 11.8. The maximum absolute atomic E-state index is 9.54. The molecule has 0 bridgehead atoms. The molecule has 0 spiro atoms. The van der Waals surface area contributed by atoms with Crippen molar-refractivity contribution in [1.29, 1.82) is 5.26 Å². The van der Waals surface area contributed by atoms with Crippen molar-refractivity contribution in [3.05, 3.63) is 57.2 Å². The van der Waals surface area contributed by atoms with Gasteiger partial charge in [0.05, 0.1) is 23.6 Å². The van der Waals surface area contributed by atoms with Crippen LogP contribution in [0.2, 0.25) is 0 Å². The number of rotatable bonds is 8. The second-order valence-electron chi connectivity index (χ2n) is 7.04. The predicted octanol–water partition coefficient (Wildman–Crippen LogP) is 3.71. The molecule has 0 saturated carbocycles. The van der Waals surface area contributed by atoms with Crippen molar-refractivity contribution >= 4 is 47.1 Å². The lowest BCUT2D eigenvalue weighted by Gasteiger charge is -2.10. The van der Waals surface area contributed by atoms with E-state index in [1.807, 2.05) is 44.2 Å². The summed E-state index contributed by atoms with van der Waals surface area (Å²) in [4.78, 5) is 10.4. The predicted molar refractivity (Wildman–Crippen MR) is 141 cm³/mol. The number of aromatic nitrogens is 3. The Morgan fingerprint density at radius 3 is 2.62 bits per heavy atom. The summed E-state index contributed by atoms with van der Waals surface area (Å²) in [5.41, 5.74) is 9.24. The van der Waals surface area contributed by atoms with Crippen molar-refractivity contribution < 1.29 is 0 Å². The van der Waals surface area contributed by atoms with Crippen LogP contribution >= 0.6 is 35.3 Å². The molecule has 1 aromatic carbocycles. The molecule has 0 aliphatic rings. The molecule has 10 heteroatoms. The van der Waals surface area contributed by atoms with Gasteiger partial charge in [-0.05, 0) is 45.7 Å². The third kappa shape index (κ3) is 6.43. The third-order valence-corrected chi connectivity index (χ3v) is 5.84. The minimum Gasteiger partial charge on any atom is -0.382 e. The molecule has 0 aliphatic heterocycles. The highest BCUT2D eigenvalue weighted by Gasteiger charge is 2.16. The number of para-hydroxylation sites is 1. The lowest BCUT2D eigenvalue weighted by Crippen LogP contribution is -2.37. The molecule has 0 amide bonds. The van der Waals surface area contributed by atoms with Crippen LogP contribution in [0, 0.1) is 25.2 Å². The van der Waals surface area contributed by atoms with E-state index in [9.17, 15) is 5.26 Å². The van der Waals surface area contributed by atoms with Gasteiger partial charge in [-0.15, -0.1) is 35.3 Å². The van der Waals surface area contributed by atoms with Gasteiger partial charge in [0.1, 0.15) is 22.5 Å². The van der Waals surface area contributed by atoms with Crippen LogP contribution in [0.5, 0.6) is 0 Å². The van der Waals surface area contributed by atoms with Crippen LogP contribution in [-0.2, 0) is 13.0 Å². The topological polar surface area (TPSA) is 117 Å². The molecule has 0 saturated heterocycles. The van der Waals surface area contributed by atoms with Crippen molar-refractivity contribution in [3.8, 4) is 11.8 Å². The normalized spacial score (nSPS) is 11.0. The molecule has 3 rings (SSSR count). The van der Waals surface area contributed by atoms with E-state index in [-0.39, 0.29) is 24.0 Å². The molecule has 32 heavy (non-hydrogen) atoms. The van der Waals surface area contributed by atoms with Gasteiger partial charge in [-0.25, -0.2) is 14.7 Å². The minimum absolute atomic E-state index is 0. The Hall–Kier alpha value is -2.65. The zero-order valence-electron chi connectivity index (χ0n) is 18.6. The third-order valence-electron chi connectivity index (χ3n) is 4.78. The first-order valence-electron chi connectivity index (χ1n) is 10.3. The molecular weight excluding hydrogens is 535 g/mol. The maximum Gasteiger partial charge on any atom is 0.191 e. The smallest absolute Gasteiger partial charge is 0.191 e. The van der Waals surface area contributed by atoms with Gasteiger partial charge in [-0.1, -0.05) is 18.2 Å². The van der Waals surface area contributed by atoms with Crippen molar-refractivity contribution in [3.63, 3.8) is 0 Å². The van der Waals surface area contributed by atoms with Crippen molar-refractivity contribution in [2.75, 3.05) is 18.8 Å². The number of aliphatic imine (C=N–C) groups is 1. The number of benzene rings is 1. The monoisotopic (exact) mass is 564 g/mol. The Balaban J connectivity index is 0.00000363. The van der Waals surface area contributed by atoms with Crippen molar-refractivity contribution in [2.45, 2.75) is 40.2 Å². The summed E-state index contributed by atoms with van der Waals surface area (Å²) in [5.74, 6) is 1.13. The van der Waals surface area contributed by atoms with Gasteiger partial charge in [0.25, 0.3) is 0 Å². The average Bonchev–Trinajstić information content (AvgIpc) is 3.27. The molecule has 0 unspecified atom stereocenters. The quantitative estimate of drug-likeness (QED) is 0.166. The SMILES string of the molecule is CCNC(=NCc1nc(C)c(C)s1)NCCCc1nn(-c2ccccc2)c(N)c1C#N.I. The second-order valence-corrected chi connectivity index (χ2v) is 8.33. The molecule has 0 atom stereocenters. The van der Waals surface area contributed by atoms with Gasteiger partial charge in [0.15, 0.2) is 5.96 Å². The van der Waals surface area contributed by atoms with Gasteiger partial charge in [0, 0.05) is 18.0 Å². The molecule has 0 fully saturated rings. The number of nitrogens with two attached hydrogens (primary N) is 1. The van der Waals surface area contributed by atoms with Gasteiger partial charge < -0.3 is 16.4 Å². The molecule has 2 aromatic heterocycles. The van der Waals surface area contributed by atoms with Crippen molar-refractivity contribution in [1.82, 2.24) is 25.4 Å². The van der Waals surface area contributed by atoms with Crippen LogP contribution in [0.4, 0.5) is 5.82 Å². The van der Waals surface area contributed by atoms with E-state index in [0.29, 0.717) is 36.6 Å². The zero-order chi connectivity index (χ0) is 22.2. The van der Waals surface area contributed by atoms with Crippen molar-refractivity contribution in [2.24, 2.45) is 4.99 Å². The molecule has 170 valence electrons. The van der Waals surface area contributed by atoms with Gasteiger partial charge in [-0.2, -0.15) is 10.4 Å². The lowest BCUT2D eigenvalue weighted by atomic mass is 10.1. The Kier molecular flexibility index (Phi) is 9.93. The van der Waals surface area contributed by atoms with Crippen LogP contribution in [0.3, 0.4) is 0 Å². The fourth-order valence-electron chi connectivity index (χ4n) is 3.10. The van der Waals surface area contributed by atoms with Crippen LogP contribution < -0.4 is 16.4 Å². The van der Waals surface area contributed by atoms with E-state index in [1.54, 1.807) is 16.0 Å². The number of anilines is 1. The Morgan fingerprint density at radius 2 is 2.00 bits per heavy atom. The zero-order valence-corrected chi connectivity index (χ0v) is 21.7. The first-order chi connectivity index (χ1) is 15.0. The summed E-state index contributed by atoms with van der Waals surface area (Å²) >= 11 is 1.68. The number of hydrogen-bond donors (Lipinski definition) is 3. The van der Waals surface area contributed by atoms with Gasteiger partial charge in [-0.3, -0.25) is 0 Å². The number of thiazole rings is 1. The highest BCUT2D eigenvalue weighted by molar-refractivity contribution is 14.0. The van der Waals surface area contributed by atoms with Crippen LogP contribution in [0.15, 0.2) is 35.3 Å². The standard InChI is InChI=1S/C22H28N8S.HI/c1-4-25-22(27-14-20-28-15(2)16(3)31-20)26-12-8-11-19-18(13-23)21(24)30(29-19)17-9-6-5-7-10-17;/h5-7,9-10H,4,8,11-12,14,24H2,1-3H3,(H2,25,26,27);1H. The summed E-state index contributed by atoms with van der Waals surface area (Å²) in [7, 11) is 0.